The molecular formula is C10H12ClN3O. The van der Waals surface area contributed by atoms with Crippen molar-refractivity contribution in [1.29, 1.82) is 0 Å². The van der Waals surface area contributed by atoms with Gasteiger partial charge in [0.15, 0.2) is 0 Å². The normalized spacial score (nSPS) is 19.4. The molecule has 1 aliphatic heterocycles. The molecule has 1 atom stereocenters. The number of amides is 1. The average molecular weight is 226 g/mol. The van der Waals surface area contributed by atoms with Gasteiger partial charge < -0.3 is 9.88 Å². The first-order chi connectivity index (χ1) is 7.20. The number of halogens is 1. The van der Waals surface area contributed by atoms with Gasteiger partial charge in [-0.3, -0.25) is 4.79 Å². The van der Waals surface area contributed by atoms with Crippen molar-refractivity contribution in [3.8, 4) is 0 Å². The highest BCUT2D eigenvalue weighted by atomic mass is 35.5. The molecule has 15 heavy (non-hydrogen) atoms. The molecule has 0 saturated heterocycles. The molecule has 4 nitrogen and oxygen atoms in total. The Kier molecular flexibility index (Phi) is 2.77. The van der Waals surface area contributed by atoms with E-state index in [0.29, 0.717) is 11.7 Å². The number of fused-ring (bicyclic) bond motifs is 1. The van der Waals surface area contributed by atoms with Crippen molar-refractivity contribution in [3.63, 3.8) is 0 Å². The van der Waals surface area contributed by atoms with Gasteiger partial charge in [0.1, 0.15) is 11.0 Å². The van der Waals surface area contributed by atoms with Gasteiger partial charge in [-0.1, -0.05) is 18.2 Å². The van der Waals surface area contributed by atoms with Gasteiger partial charge in [0.2, 0.25) is 5.91 Å². The molecule has 1 aromatic heterocycles. The van der Waals surface area contributed by atoms with E-state index < -0.39 is 0 Å². The van der Waals surface area contributed by atoms with E-state index in [0.717, 1.165) is 18.7 Å². The third kappa shape index (κ3) is 2.04. The van der Waals surface area contributed by atoms with Gasteiger partial charge in [-0.15, -0.1) is 0 Å². The number of nitrogens with zero attached hydrogens (tertiary/aromatic N) is 2. The summed E-state index contributed by atoms with van der Waals surface area (Å²) >= 11 is 5.96. The van der Waals surface area contributed by atoms with Crippen LogP contribution in [0, 0.1) is 0 Å². The van der Waals surface area contributed by atoms with E-state index in [4.69, 9.17) is 11.6 Å². The smallest absolute Gasteiger partial charge is 0.243 e. The molecule has 0 radical (unpaired) electrons. The van der Waals surface area contributed by atoms with Gasteiger partial charge >= 0.3 is 0 Å². The van der Waals surface area contributed by atoms with Gasteiger partial charge in [0.05, 0.1) is 6.20 Å². The molecule has 1 unspecified atom stereocenters. The van der Waals surface area contributed by atoms with Crippen molar-refractivity contribution in [2.75, 3.05) is 0 Å². The van der Waals surface area contributed by atoms with Crippen LogP contribution in [0.2, 0.25) is 5.15 Å². The number of aryl methyl sites for hydroxylation is 1. The number of carbonyl (C=O) groups excluding carboxylic acids is 1. The van der Waals surface area contributed by atoms with Crippen LogP contribution in [0.5, 0.6) is 0 Å². The predicted octanol–water partition coefficient (Wildman–Crippen LogP) is 1.15. The third-order valence-electron chi connectivity index (χ3n) is 2.54. The number of hydrogen-bond donors (Lipinski definition) is 1. The van der Waals surface area contributed by atoms with Gasteiger partial charge in [0, 0.05) is 19.0 Å². The highest BCUT2D eigenvalue weighted by molar-refractivity contribution is 6.29. The van der Waals surface area contributed by atoms with Crippen LogP contribution in [0.4, 0.5) is 0 Å². The van der Waals surface area contributed by atoms with Crippen molar-refractivity contribution in [2.45, 2.75) is 25.4 Å². The van der Waals surface area contributed by atoms with E-state index in [-0.39, 0.29) is 11.9 Å². The summed E-state index contributed by atoms with van der Waals surface area (Å²) in [7, 11) is 0. The van der Waals surface area contributed by atoms with Crippen LogP contribution in [0.1, 0.15) is 12.2 Å². The van der Waals surface area contributed by atoms with Gasteiger partial charge in [-0.2, -0.15) is 0 Å². The maximum Gasteiger partial charge on any atom is 0.243 e. The minimum Gasteiger partial charge on any atom is -0.348 e. The summed E-state index contributed by atoms with van der Waals surface area (Å²) in [4.78, 5) is 15.3. The molecule has 80 valence electrons. The number of nitrogens with one attached hydrogen (secondary N) is 1. The van der Waals surface area contributed by atoms with Crippen LogP contribution in [-0.4, -0.2) is 21.5 Å². The van der Waals surface area contributed by atoms with E-state index in [2.05, 4.69) is 16.9 Å². The van der Waals surface area contributed by atoms with E-state index in [1.54, 1.807) is 6.20 Å². The third-order valence-corrected chi connectivity index (χ3v) is 2.84. The summed E-state index contributed by atoms with van der Waals surface area (Å²) in [5, 5.41) is 3.49. The van der Waals surface area contributed by atoms with Gasteiger partial charge in [-0.25, -0.2) is 4.98 Å². The topological polar surface area (TPSA) is 46.9 Å². The number of aromatic nitrogens is 2. The number of carbonyl (C=O) groups is 1. The fraction of sp³-hybridized carbons (Fsp3) is 0.400. The molecule has 1 N–H and O–H groups in total. The Morgan fingerprint density at radius 2 is 2.60 bits per heavy atom. The maximum atomic E-state index is 11.1. The summed E-state index contributed by atoms with van der Waals surface area (Å²) in [5.41, 5.74) is 0. The SMILES string of the molecule is C=CC(=O)NC1CCc2ncc(Cl)n2C1. The highest BCUT2D eigenvalue weighted by Gasteiger charge is 2.21. The first-order valence-corrected chi connectivity index (χ1v) is 5.21. The zero-order valence-electron chi connectivity index (χ0n) is 8.24. The molecule has 1 amide bonds. The summed E-state index contributed by atoms with van der Waals surface area (Å²) in [6.45, 7) is 4.11. The Labute approximate surface area is 92.9 Å². The lowest BCUT2D eigenvalue weighted by Gasteiger charge is -2.24. The molecule has 2 heterocycles. The second kappa shape index (κ2) is 4.06. The molecular weight excluding hydrogens is 214 g/mol. The molecule has 0 aromatic carbocycles. The number of imidazole rings is 1. The Morgan fingerprint density at radius 3 is 3.33 bits per heavy atom. The Balaban J connectivity index is 2.08. The van der Waals surface area contributed by atoms with E-state index >= 15 is 0 Å². The zero-order chi connectivity index (χ0) is 10.8. The minimum absolute atomic E-state index is 0.120. The van der Waals surface area contributed by atoms with Crippen LogP contribution in [0.25, 0.3) is 0 Å². The molecule has 0 bridgehead atoms. The molecule has 0 fully saturated rings. The van der Waals surface area contributed by atoms with E-state index in [1.165, 1.54) is 6.08 Å². The quantitative estimate of drug-likeness (QED) is 0.768. The second-order valence-corrected chi connectivity index (χ2v) is 3.94. The van der Waals surface area contributed by atoms with Crippen molar-refractivity contribution in [3.05, 3.63) is 29.8 Å². The summed E-state index contributed by atoms with van der Waals surface area (Å²) in [6.07, 6.45) is 4.67. The first-order valence-electron chi connectivity index (χ1n) is 4.83. The van der Waals surface area contributed by atoms with Crippen molar-refractivity contribution < 1.29 is 4.79 Å². The predicted molar refractivity (Wildman–Crippen MR) is 57.7 cm³/mol. The lowest BCUT2D eigenvalue weighted by atomic mass is 10.1. The molecule has 1 aliphatic rings. The van der Waals surface area contributed by atoms with Crippen LogP contribution in [0.3, 0.4) is 0 Å². The van der Waals surface area contributed by atoms with Gasteiger partial charge in [0.25, 0.3) is 0 Å². The summed E-state index contributed by atoms with van der Waals surface area (Å²) in [5.74, 6) is 0.851. The van der Waals surface area contributed by atoms with Crippen molar-refractivity contribution in [1.82, 2.24) is 14.9 Å². The first kappa shape index (κ1) is 10.2. The lowest BCUT2D eigenvalue weighted by molar-refractivity contribution is -0.117. The lowest BCUT2D eigenvalue weighted by Crippen LogP contribution is -2.40. The van der Waals surface area contributed by atoms with E-state index in [1.807, 2.05) is 4.57 Å². The van der Waals surface area contributed by atoms with Crippen LogP contribution in [-0.2, 0) is 17.8 Å². The highest BCUT2D eigenvalue weighted by Crippen LogP contribution is 2.19. The Morgan fingerprint density at radius 1 is 1.80 bits per heavy atom. The van der Waals surface area contributed by atoms with Crippen molar-refractivity contribution in [2.24, 2.45) is 0 Å². The monoisotopic (exact) mass is 225 g/mol. The molecule has 0 aliphatic carbocycles. The fourth-order valence-corrected chi connectivity index (χ4v) is 1.99. The number of rotatable bonds is 2. The summed E-state index contributed by atoms with van der Waals surface area (Å²) in [6, 6.07) is 0.120. The summed E-state index contributed by atoms with van der Waals surface area (Å²) < 4.78 is 1.93. The minimum atomic E-state index is -0.139. The van der Waals surface area contributed by atoms with Crippen LogP contribution < -0.4 is 5.32 Å². The average Bonchev–Trinajstić information content (AvgIpc) is 2.60. The molecule has 0 saturated carbocycles. The van der Waals surface area contributed by atoms with Crippen LogP contribution >= 0.6 is 11.6 Å². The molecule has 0 spiro atoms. The number of hydrogen-bond acceptors (Lipinski definition) is 2. The van der Waals surface area contributed by atoms with E-state index in [9.17, 15) is 4.79 Å². The molecule has 2 rings (SSSR count). The second-order valence-electron chi connectivity index (χ2n) is 3.56. The fourth-order valence-electron chi connectivity index (χ4n) is 1.78. The zero-order valence-corrected chi connectivity index (χ0v) is 9.00. The Bertz CT molecular complexity index is 399. The van der Waals surface area contributed by atoms with Gasteiger partial charge in [-0.05, 0) is 12.5 Å². The Hall–Kier alpha value is -1.29. The maximum absolute atomic E-state index is 11.1. The molecule has 1 aromatic rings. The largest absolute Gasteiger partial charge is 0.348 e. The van der Waals surface area contributed by atoms with Crippen LogP contribution in [0.15, 0.2) is 18.9 Å². The standard InChI is InChI=1S/C10H12ClN3O/c1-2-10(15)13-7-3-4-9-12-5-8(11)14(9)6-7/h2,5,7H,1,3-4,6H2,(H,13,15). The molecule has 5 heteroatoms. The van der Waals surface area contributed by atoms with Crippen molar-refractivity contribution >= 4 is 17.5 Å².